The Kier molecular flexibility index (Phi) is 5.44. The number of aromatic nitrogens is 3. The van der Waals surface area contributed by atoms with Crippen LogP contribution in [0.3, 0.4) is 0 Å². The molecule has 1 aliphatic carbocycles. The van der Waals surface area contributed by atoms with Crippen LogP contribution < -0.4 is 5.73 Å². The van der Waals surface area contributed by atoms with Crippen LogP contribution >= 0.6 is 0 Å². The Morgan fingerprint density at radius 1 is 1.17 bits per heavy atom. The molecule has 4 heteroatoms. The molecule has 23 heavy (non-hydrogen) atoms. The van der Waals surface area contributed by atoms with Crippen LogP contribution in [-0.4, -0.2) is 15.0 Å². The Labute approximate surface area is 139 Å². The van der Waals surface area contributed by atoms with Crippen LogP contribution in [0.15, 0.2) is 24.3 Å². The molecule has 1 fully saturated rings. The first kappa shape index (κ1) is 16.2. The Morgan fingerprint density at radius 2 is 1.96 bits per heavy atom. The van der Waals surface area contributed by atoms with E-state index in [2.05, 4.69) is 46.2 Å². The summed E-state index contributed by atoms with van der Waals surface area (Å²) in [4.78, 5) is 0. The number of benzene rings is 1. The quantitative estimate of drug-likeness (QED) is 0.886. The molecule has 1 aromatic heterocycles. The predicted molar refractivity (Wildman–Crippen MR) is 93.1 cm³/mol. The Balaban J connectivity index is 1.73. The maximum Gasteiger partial charge on any atom is 0.0994 e. The first-order valence-electron chi connectivity index (χ1n) is 8.93. The lowest BCUT2D eigenvalue weighted by atomic mass is 9.85. The highest BCUT2D eigenvalue weighted by Crippen LogP contribution is 2.28. The van der Waals surface area contributed by atoms with Gasteiger partial charge in [-0.3, -0.25) is 0 Å². The largest absolute Gasteiger partial charge is 0.325 e. The third kappa shape index (κ3) is 3.99. The second-order valence-corrected chi connectivity index (χ2v) is 6.81. The summed E-state index contributed by atoms with van der Waals surface area (Å²) in [6, 6.07) is 8.49. The minimum Gasteiger partial charge on any atom is -0.325 e. The van der Waals surface area contributed by atoms with Crippen molar-refractivity contribution >= 4 is 0 Å². The molecule has 0 saturated heterocycles. The molecule has 0 bridgehead atoms. The van der Waals surface area contributed by atoms with E-state index in [0.29, 0.717) is 6.54 Å². The van der Waals surface area contributed by atoms with Crippen molar-refractivity contribution in [1.82, 2.24) is 15.0 Å². The van der Waals surface area contributed by atoms with Gasteiger partial charge in [-0.2, -0.15) is 0 Å². The van der Waals surface area contributed by atoms with E-state index >= 15 is 0 Å². The van der Waals surface area contributed by atoms with Gasteiger partial charge in [0.05, 0.1) is 17.9 Å². The molecule has 1 aromatic carbocycles. The topological polar surface area (TPSA) is 56.7 Å². The van der Waals surface area contributed by atoms with Crippen molar-refractivity contribution in [3.8, 4) is 0 Å². The third-order valence-electron chi connectivity index (χ3n) is 5.21. The van der Waals surface area contributed by atoms with Gasteiger partial charge in [-0.25, -0.2) is 4.68 Å². The van der Waals surface area contributed by atoms with Gasteiger partial charge < -0.3 is 5.73 Å². The zero-order valence-electron chi connectivity index (χ0n) is 14.2. The van der Waals surface area contributed by atoms with Crippen molar-refractivity contribution in [3.63, 3.8) is 0 Å². The van der Waals surface area contributed by atoms with Crippen LogP contribution in [0.25, 0.3) is 0 Å². The van der Waals surface area contributed by atoms with Crippen LogP contribution in [0.2, 0.25) is 0 Å². The lowest BCUT2D eigenvalue weighted by Gasteiger charge is -2.21. The number of nitrogens with zero attached hydrogens (tertiary/aromatic N) is 3. The van der Waals surface area contributed by atoms with E-state index in [1.165, 1.54) is 55.3 Å². The second-order valence-electron chi connectivity index (χ2n) is 6.81. The maximum atomic E-state index is 5.88. The summed E-state index contributed by atoms with van der Waals surface area (Å²) in [5, 5.41) is 8.69. The molecule has 0 radical (unpaired) electrons. The molecule has 124 valence electrons. The molecule has 0 atom stereocenters. The minimum absolute atomic E-state index is 0.480. The predicted octanol–water partition coefficient (Wildman–Crippen LogP) is 3.61. The van der Waals surface area contributed by atoms with E-state index in [1.807, 2.05) is 0 Å². The highest BCUT2D eigenvalue weighted by atomic mass is 15.4. The lowest BCUT2D eigenvalue weighted by molar-refractivity contribution is 0.336. The zero-order valence-corrected chi connectivity index (χ0v) is 14.2. The van der Waals surface area contributed by atoms with Crippen LogP contribution in [-0.2, 0) is 19.5 Å². The van der Waals surface area contributed by atoms with Crippen molar-refractivity contribution in [3.05, 3.63) is 46.8 Å². The third-order valence-corrected chi connectivity index (χ3v) is 5.21. The second kappa shape index (κ2) is 7.73. The monoisotopic (exact) mass is 312 g/mol. The van der Waals surface area contributed by atoms with Gasteiger partial charge in [0.25, 0.3) is 0 Å². The molecule has 1 saturated carbocycles. The summed E-state index contributed by atoms with van der Waals surface area (Å²) in [7, 11) is 0. The zero-order chi connectivity index (χ0) is 16.1. The summed E-state index contributed by atoms with van der Waals surface area (Å²) in [6.45, 7) is 3.42. The van der Waals surface area contributed by atoms with Crippen molar-refractivity contribution in [2.24, 2.45) is 11.7 Å². The summed E-state index contributed by atoms with van der Waals surface area (Å²) in [6.07, 6.45) is 9.28. The summed E-state index contributed by atoms with van der Waals surface area (Å²) in [5.41, 5.74) is 10.7. The fraction of sp³-hybridized carbons (Fsp3) is 0.579. The molecule has 1 heterocycles. The van der Waals surface area contributed by atoms with Crippen LogP contribution in [0.5, 0.6) is 0 Å². The highest BCUT2D eigenvalue weighted by Gasteiger charge is 2.17. The first-order chi connectivity index (χ1) is 11.3. The molecule has 4 nitrogen and oxygen atoms in total. The summed E-state index contributed by atoms with van der Waals surface area (Å²) < 4.78 is 2.06. The molecular formula is C19H28N4. The summed E-state index contributed by atoms with van der Waals surface area (Å²) in [5.74, 6) is 0.871. The van der Waals surface area contributed by atoms with E-state index in [1.54, 1.807) is 0 Å². The molecule has 0 unspecified atom stereocenters. The molecule has 2 N–H and O–H groups in total. The fourth-order valence-corrected chi connectivity index (χ4v) is 3.69. The highest BCUT2D eigenvalue weighted by molar-refractivity contribution is 5.26. The van der Waals surface area contributed by atoms with Gasteiger partial charge in [0.2, 0.25) is 0 Å². The van der Waals surface area contributed by atoms with Crippen molar-refractivity contribution in [2.45, 2.75) is 65.0 Å². The van der Waals surface area contributed by atoms with Crippen LogP contribution in [0, 0.1) is 12.8 Å². The SMILES string of the molecule is Cc1ccccc1Cn1nnc(CN)c1CCC1CCCCC1. The van der Waals surface area contributed by atoms with Gasteiger partial charge in [0.15, 0.2) is 0 Å². The number of aryl methyl sites for hydroxylation is 1. The maximum absolute atomic E-state index is 5.88. The Bertz CT molecular complexity index is 626. The normalized spacial score (nSPS) is 15.9. The fourth-order valence-electron chi connectivity index (χ4n) is 3.69. The van der Waals surface area contributed by atoms with Crippen molar-refractivity contribution in [2.75, 3.05) is 0 Å². The van der Waals surface area contributed by atoms with Gasteiger partial charge in [-0.15, -0.1) is 5.10 Å². The number of hydrogen-bond donors (Lipinski definition) is 1. The molecule has 1 aliphatic rings. The average molecular weight is 312 g/mol. The van der Waals surface area contributed by atoms with E-state index < -0.39 is 0 Å². The van der Waals surface area contributed by atoms with E-state index in [9.17, 15) is 0 Å². The standard InChI is InChI=1S/C19H28N4/c1-15-7-5-6-10-17(15)14-23-19(18(13-20)21-22-23)12-11-16-8-3-2-4-9-16/h5-7,10,16H,2-4,8-9,11-14,20H2,1H3. The first-order valence-corrected chi connectivity index (χ1v) is 8.93. The van der Waals surface area contributed by atoms with E-state index in [4.69, 9.17) is 5.73 Å². The van der Waals surface area contributed by atoms with Gasteiger partial charge in [0.1, 0.15) is 0 Å². The number of nitrogens with two attached hydrogens (primary N) is 1. The van der Waals surface area contributed by atoms with Gasteiger partial charge >= 0.3 is 0 Å². The van der Waals surface area contributed by atoms with Gasteiger partial charge in [-0.05, 0) is 36.8 Å². The van der Waals surface area contributed by atoms with Gasteiger partial charge in [0, 0.05) is 6.54 Å². The van der Waals surface area contributed by atoms with Gasteiger partial charge in [-0.1, -0.05) is 61.6 Å². The Morgan fingerprint density at radius 3 is 2.70 bits per heavy atom. The minimum atomic E-state index is 0.480. The molecule has 0 aliphatic heterocycles. The van der Waals surface area contributed by atoms with Crippen molar-refractivity contribution in [1.29, 1.82) is 0 Å². The van der Waals surface area contributed by atoms with Crippen molar-refractivity contribution < 1.29 is 0 Å². The van der Waals surface area contributed by atoms with E-state index in [-0.39, 0.29) is 0 Å². The molecule has 2 aromatic rings. The van der Waals surface area contributed by atoms with Crippen LogP contribution in [0.4, 0.5) is 0 Å². The smallest absolute Gasteiger partial charge is 0.0994 e. The number of rotatable bonds is 6. The van der Waals surface area contributed by atoms with Crippen LogP contribution in [0.1, 0.15) is 61.0 Å². The molecule has 0 amide bonds. The molecule has 3 rings (SSSR count). The lowest BCUT2D eigenvalue weighted by Crippen LogP contribution is -2.13. The number of hydrogen-bond acceptors (Lipinski definition) is 3. The Hall–Kier alpha value is -1.68. The molecular weight excluding hydrogens is 284 g/mol. The van der Waals surface area contributed by atoms with E-state index in [0.717, 1.165) is 24.6 Å². The molecule has 0 spiro atoms. The average Bonchev–Trinajstić information content (AvgIpc) is 2.98. The summed E-state index contributed by atoms with van der Waals surface area (Å²) >= 11 is 0.